The van der Waals surface area contributed by atoms with Crippen LogP contribution in [0.25, 0.3) is 0 Å². The monoisotopic (exact) mass is 273 g/mol. The predicted octanol–water partition coefficient (Wildman–Crippen LogP) is 1.13. The minimum absolute atomic E-state index is 0.0410. The van der Waals surface area contributed by atoms with Gasteiger partial charge in [-0.3, -0.25) is 9.59 Å². The number of hydrogen-bond donors (Lipinski definition) is 2. The molecular formula is C15H19N3O2. The number of nitrogens with zero attached hydrogens (tertiary/aromatic N) is 1. The van der Waals surface area contributed by atoms with Crippen LogP contribution < -0.4 is 11.1 Å². The van der Waals surface area contributed by atoms with Crippen LogP contribution in [-0.4, -0.2) is 35.8 Å². The van der Waals surface area contributed by atoms with Gasteiger partial charge in [0.15, 0.2) is 0 Å². The first-order chi connectivity index (χ1) is 9.69. The summed E-state index contributed by atoms with van der Waals surface area (Å²) in [6.45, 7) is 1.31. The van der Waals surface area contributed by atoms with Gasteiger partial charge in [0.1, 0.15) is 0 Å². The maximum absolute atomic E-state index is 12.5. The first-order valence-corrected chi connectivity index (χ1v) is 7.13. The molecule has 0 aliphatic carbocycles. The average molecular weight is 273 g/mol. The molecule has 5 nitrogen and oxygen atoms in total. The lowest BCUT2D eigenvalue weighted by Gasteiger charge is -2.24. The number of carbonyl (C=O) groups excluding carboxylic acids is 2. The Morgan fingerprint density at radius 3 is 3.05 bits per heavy atom. The zero-order valence-corrected chi connectivity index (χ0v) is 11.4. The lowest BCUT2D eigenvalue weighted by atomic mass is 10.00. The van der Waals surface area contributed by atoms with Gasteiger partial charge in [0.05, 0.1) is 0 Å². The van der Waals surface area contributed by atoms with Crippen molar-refractivity contribution in [3.8, 4) is 0 Å². The minimum Gasteiger partial charge on any atom is -0.334 e. The van der Waals surface area contributed by atoms with Gasteiger partial charge in [-0.25, -0.2) is 0 Å². The van der Waals surface area contributed by atoms with Gasteiger partial charge in [0.2, 0.25) is 5.91 Å². The van der Waals surface area contributed by atoms with E-state index in [1.807, 2.05) is 17.0 Å². The number of amides is 2. The van der Waals surface area contributed by atoms with Crippen molar-refractivity contribution in [1.29, 1.82) is 0 Å². The SMILES string of the molecule is NCC1CCCN1C(=O)c1ccc2c(c1)CCC(=O)N2. The predicted molar refractivity (Wildman–Crippen MR) is 76.5 cm³/mol. The summed E-state index contributed by atoms with van der Waals surface area (Å²) < 4.78 is 0. The van der Waals surface area contributed by atoms with Gasteiger partial charge in [0, 0.05) is 36.8 Å². The topological polar surface area (TPSA) is 75.4 Å². The summed E-state index contributed by atoms with van der Waals surface area (Å²) in [5.41, 5.74) is 8.29. The molecule has 3 N–H and O–H groups in total. The van der Waals surface area contributed by atoms with E-state index in [-0.39, 0.29) is 17.9 Å². The van der Waals surface area contributed by atoms with E-state index in [0.717, 1.165) is 30.6 Å². The molecule has 1 unspecified atom stereocenters. The second-order valence-electron chi connectivity index (χ2n) is 5.45. The first-order valence-electron chi connectivity index (χ1n) is 7.13. The van der Waals surface area contributed by atoms with E-state index in [0.29, 0.717) is 24.9 Å². The van der Waals surface area contributed by atoms with Crippen molar-refractivity contribution in [3.05, 3.63) is 29.3 Å². The first kappa shape index (κ1) is 13.1. The highest BCUT2D eigenvalue weighted by Crippen LogP contribution is 2.26. The number of nitrogens with one attached hydrogen (secondary N) is 1. The second kappa shape index (κ2) is 5.25. The Morgan fingerprint density at radius 2 is 2.25 bits per heavy atom. The molecule has 2 heterocycles. The normalized spacial score (nSPS) is 21.6. The molecule has 20 heavy (non-hydrogen) atoms. The largest absolute Gasteiger partial charge is 0.334 e. The Morgan fingerprint density at radius 1 is 1.40 bits per heavy atom. The van der Waals surface area contributed by atoms with Crippen LogP contribution in [0.5, 0.6) is 0 Å². The summed E-state index contributed by atoms with van der Waals surface area (Å²) in [5, 5.41) is 2.83. The number of hydrogen-bond acceptors (Lipinski definition) is 3. The third-order valence-corrected chi connectivity index (χ3v) is 4.16. The number of likely N-dealkylation sites (tertiary alicyclic amines) is 1. The van der Waals surface area contributed by atoms with Crippen LogP contribution in [0, 0.1) is 0 Å². The molecule has 1 aromatic rings. The van der Waals surface area contributed by atoms with Crippen molar-refractivity contribution >= 4 is 17.5 Å². The fourth-order valence-electron chi connectivity index (χ4n) is 3.03. The molecule has 0 radical (unpaired) electrons. The Balaban J connectivity index is 1.84. The molecule has 2 aliphatic heterocycles. The number of rotatable bonds is 2. The third kappa shape index (κ3) is 2.29. The van der Waals surface area contributed by atoms with E-state index in [1.165, 1.54) is 0 Å². The van der Waals surface area contributed by atoms with Gasteiger partial charge in [0.25, 0.3) is 5.91 Å². The molecular weight excluding hydrogens is 254 g/mol. The van der Waals surface area contributed by atoms with Crippen molar-refractivity contribution in [2.75, 3.05) is 18.4 Å². The van der Waals surface area contributed by atoms with Gasteiger partial charge in [-0.1, -0.05) is 0 Å². The molecule has 0 spiro atoms. The van der Waals surface area contributed by atoms with Crippen LogP contribution in [0.3, 0.4) is 0 Å². The van der Waals surface area contributed by atoms with E-state index in [1.54, 1.807) is 6.07 Å². The fraction of sp³-hybridized carbons (Fsp3) is 0.467. The zero-order chi connectivity index (χ0) is 14.1. The Hall–Kier alpha value is -1.88. The van der Waals surface area contributed by atoms with Gasteiger partial charge in [-0.15, -0.1) is 0 Å². The van der Waals surface area contributed by atoms with Crippen molar-refractivity contribution in [1.82, 2.24) is 4.90 Å². The summed E-state index contributed by atoms with van der Waals surface area (Å²) in [7, 11) is 0. The molecule has 0 aromatic heterocycles. The molecule has 2 aliphatic rings. The Kier molecular flexibility index (Phi) is 3.44. The minimum atomic E-state index is 0.0410. The van der Waals surface area contributed by atoms with Crippen molar-refractivity contribution in [2.45, 2.75) is 31.7 Å². The highest BCUT2D eigenvalue weighted by Gasteiger charge is 2.28. The average Bonchev–Trinajstić information content (AvgIpc) is 2.94. The molecule has 106 valence electrons. The molecule has 2 amide bonds. The second-order valence-corrected chi connectivity index (χ2v) is 5.45. The van der Waals surface area contributed by atoms with Crippen molar-refractivity contribution in [2.24, 2.45) is 5.73 Å². The summed E-state index contributed by atoms with van der Waals surface area (Å²) >= 11 is 0. The molecule has 5 heteroatoms. The van der Waals surface area contributed by atoms with E-state index in [4.69, 9.17) is 5.73 Å². The van der Waals surface area contributed by atoms with Crippen LogP contribution in [0.15, 0.2) is 18.2 Å². The summed E-state index contributed by atoms with van der Waals surface area (Å²) in [6.07, 6.45) is 3.19. The van der Waals surface area contributed by atoms with Crippen LogP contribution in [0.4, 0.5) is 5.69 Å². The molecule has 1 aromatic carbocycles. The van der Waals surface area contributed by atoms with Gasteiger partial charge in [-0.2, -0.15) is 0 Å². The number of nitrogens with two attached hydrogens (primary N) is 1. The van der Waals surface area contributed by atoms with E-state index >= 15 is 0 Å². The van der Waals surface area contributed by atoms with Gasteiger partial charge >= 0.3 is 0 Å². The molecule has 0 saturated carbocycles. The van der Waals surface area contributed by atoms with Gasteiger partial charge < -0.3 is 16.0 Å². The smallest absolute Gasteiger partial charge is 0.254 e. The maximum Gasteiger partial charge on any atom is 0.254 e. The number of aryl methyl sites for hydroxylation is 1. The Labute approximate surface area is 118 Å². The van der Waals surface area contributed by atoms with Crippen molar-refractivity contribution in [3.63, 3.8) is 0 Å². The molecule has 0 bridgehead atoms. The number of benzene rings is 1. The third-order valence-electron chi connectivity index (χ3n) is 4.16. The van der Waals surface area contributed by atoms with Crippen LogP contribution in [0.2, 0.25) is 0 Å². The highest BCUT2D eigenvalue weighted by molar-refractivity contribution is 5.98. The lowest BCUT2D eigenvalue weighted by Crippen LogP contribution is -2.40. The Bertz CT molecular complexity index is 556. The summed E-state index contributed by atoms with van der Waals surface area (Å²) in [6, 6.07) is 5.69. The number of anilines is 1. The van der Waals surface area contributed by atoms with Crippen molar-refractivity contribution < 1.29 is 9.59 Å². The molecule has 3 rings (SSSR count). The van der Waals surface area contributed by atoms with E-state index in [2.05, 4.69) is 5.32 Å². The zero-order valence-electron chi connectivity index (χ0n) is 11.4. The number of fused-ring (bicyclic) bond motifs is 1. The lowest BCUT2D eigenvalue weighted by molar-refractivity contribution is -0.116. The standard InChI is InChI=1S/C15H19N3O2/c16-9-12-2-1-7-18(12)15(20)11-3-5-13-10(8-11)4-6-14(19)17-13/h3,5,8,12H,1-2,4,6-7,9,16H2,(H,17,19). The highest BCUT2D eigenvalue weighted by atomic mass is 16.2. The summed E-state index contributed by atoms with van der Waals surface area (Å²) in [4.78, 5) is 25.8. The molecule has 1 fully saturated rings. The maximum atomic E-state index is 12.5. The number of carbonyl (C=O) groups is 2. The fourth-order valence-corrected chi connectivity index (χ4v) is 3.03. The van der Waals surface area contributed by atoms with Crippen LogP contribution in [0.1, 0.15) is 35.2 Å². The molecule has 1 atom stereocenters. The van der Waals surface area contributed by atoms with Crippen LogP contribution >= 0.6 is 0 Å². The summed E-state index contributed by atoms with van der Waals surface area (Å²) in [5.74, 6) is 0.0944. The quantitative estimate of drug-likeness (QED) is 0.848. The van der Waals surface area contributed by atoms with Crippen LogP contribution in [-0.2, 0) is 11.2 Å². The van der Waals surface area contributed by atoms with E-state index in [9.17, 15) is 9.59 Å². The molecule has 1 saturated heterocycles. The van der Waals surface area contributed by atoms with Gasteiger partial charge in [-0.05, 0) is 43.0 Å². The van der Waals surface area contributed by atoms with E-state index < -0.39 is 0 Å².